The van der Waals surface area contributed by atoms with Crippen molar-refractivity contribution in [2.75, 3.05) is 6.61 Å². The quantitative estimate of drug-likeness (QED) is 0.764. The van der Waals surface area contributed by atoms with Gasteiger partial charge in [-0.25, -0.2) is 4.98 Å². The summed E-state index contributed by atoms with van der Waals surface area (Å²) in [6.45, 7) is -0.852. The van der Waals surface area contributed by atoms with E-state index in [4.69, 9.17) is 4.74 Å². The Bertz CT molecular complexity index is 601. The number of carbonyl (C=O) groups is 1. The van der Waals surface area contributed by atoms with Crippen LogP contribution in [0.3, 0.4) is 0 Å². The van der Waals surface area contributed by atoms with Gasteiger partial charge in [0.05, 0.1) is 11.5 Å². The molecule has 7 heteroatoms. The maximum absolute atomic E-state index is 12.3. The van der Waals surface area contributed by atoms with E-state index in [1.165, 1.54) is 23.6 Å². The molecule has 1 aromatic carbocycles. The molecule has 0 radical (unpaired) electrons. The van der Waals surface area contributed by atoms with Gasteiger partial charge in [-0.2, -0.15) is 8.78 Å². The van der Waals surface area contributed by atoms with E-state index in [0.717, 1.165) is 0 Å². The van der Waals surface area contributed by atoms with Gasteiger partial charge in [-0.3, -0.25) is 4.79 Å². The van der Waals surface area contributed by atoms with Crippen LogP contribution >= 0.6 is 11.3 Å². The van der Waals surface area contributed by atoms with Crippen LogP contribution in [0.1, 0.15) is 16.6 Å². The van der Waals surface area contributed by atoms with Gasteiger partial charge in [-0.1, -0.05) is 0 Å². The molecule has 0 N–H and O–H groups in total. The Morgan fingerprint density at radius 2 is 2.20 bits per heavy atom. The zero-order chi connectivity index (χ0) is 14.5. The molecule has 106 valence electrons. The number of thiazole rings is 1. The maximum Gasteiger partial charge on any atom is 0.387 e. The number of hydrogen-bond acceptors (Lipinski definition) is 5. The molecule has 2 aromatic rings. The summed E-state index contributed by atoms with van der Waals surface area (Å²) in [6, 6.07) is 4.55. The standard InChI is InChI=1S/C13H11F2NO3S/c1-2-18-11-5-8(3-4-10(11)19-13(14)15)12-16-6-9(7-17)20-12/h3-7,13H,2H2,1H3. The van der Waals surface area contributed by atoms with Crippen molar-refractivity contribution in [2.24, 2.45) is 0 Å². The van der Waals surface area contributed by atoms with Gasteiger partial charge in [0.15, 0.2) is 17.8 Å². The lowest BCUT2D eigenvalue weighted by Crippen LogP contribution is -2.04. The molecule has 1 heterocycles. The van der Waals surface area contributed by atoms with E-state index in [1.54, 1.807) is 19.1 Å². The van der Waals surface area contributed by atoms with E-state index < -0.39 is 6.61 Å². The third kappa shape index (κ3) is 3.30. The lowest BCUT2D eigenvalue weighted by atomic mass is 10.2. The molecule has 0 bridgehead atoms. The zero-order valence-electron chi connectivity index (χ0n) is 10.5. The largest absolute Gasteiger partial charge is 0.490 e. The molecule has 0 aliphatic rings. The first-order valence-electron chi connectivity index (χ1n) is 5.77. The Labute approximate surface area is 118 Å². The van der Waals surface area contributed by atoms with E-state index in [2.05, 4.69) is 9.72 Å². The number of benzene rings is 1. The highest BCUT2D eigenvalue weighted by atomic mass is 32.1. The van der Waals surface area contributed by atoms with Gasteiger partial charge in [-0.05, 0) is 25.1 Å². The Morgan fingerprint density at radius 1 is 1.40 bits per heavy atom. The first-order valence-corrected chi connectivity index (χ1v) is 6.58. The number of hydrogen-bond donors (Lipinski definition) is 0. The van der Waals surface area contributed by atoms with Crippen molar-refractivity contribution < 1.29 is 23.0 Å². The summed E-state index contributed by atoms with van der Waals surface area (Å²) in [6.07, 6.45) is 2.16. The van der Waals surface area contributed by atoms with Crippen molar-refractivity contribution in [1.82, 2.24) is 4.98 Å². The van der Waals surface area contributed by atoms with Crippen LogP contribution in [-0.4, -0.2) is 24.5 Å². The van der Waals surface area contributed by atoms with Crippen LogP contribution in [-0.2, 0) is 0 Å². The average Bonchev–Trinajstić information content (AvgIpc) is 2.89. The molecule has 4 nitrogen and oxygen atoms in total. The van der Waals surface area contributed by atoms with Crippen LogP contribution in [0.2, 0.25) is 0 Å². The molecular weight excluding hydrogens is 288 g/mol. The van der Waals surface area contributed by atoms with Crippen molar-refractivity contribution in [2.45, 2.75) is 13.5 Å². The monoisotopic (exact) mass is 299 g/mol. The van der Waals surface area contributed by atoms with Gasteiger partial charge in [0.1, 0.15) is 5.01 Å². The molecule has 0 saturated heterocycles. The summed E-state index contributed by atoms with van der Waals surface area (Å²) in [4.78, 5) is 15.2. The third-order valence-corrected chi connectivity index (χ3v) is 3.32. The summed E-state index contributed by atoms with van der Waals surface area (Å²) in [5, 5.41) is 0.608. The van der Waals surface area contributed by atoms with Crippen molar-refractivity contribution in [3.63, 3.8) is 0 Å². The maximum atomic E-state index is 12.3. The van der Waals surface area contributed by atoms with Crippen molar-refractivity contribution >= 4 is 17.6 Å². The first-order chi connectivity index (χ1) is 9.63. The lowest BCUT2D eigenvalue weighted by Gasteiger charge is -2.11. The second kappa shape index (κ2) is 6.42. The molecule has 0 aliphatic carbocycles. The Kier molecular flexibility index (Phi) is 4.62. The Morgan fingerprint density at radius 3 is 2.80 bits per heavy atom. The summed E-state index contributed by atoms with van der Waals surface area (Å²) in [5.41, 5.74) is 0.674. The number of ether oxygens (including phenoxy) is 2. The van der Waals surface area contributed by atoms with E-state index in [9.17, 15) is 13.6 Å². The fourth-order valence-electron chi connectivity index (χ4n) is 1.58. The Balaban J connectivity index is 2.35. The zero-order valence-corrected chi connectivity index (χ0v) is 11.3. The van der Waals surface area contributed by atoms with Gasteiger partial charge < -0.3 is 9.47 Å². The minimum Gasteiger partial charge on any atom is -0.490 e. The van der Waals surface area contributed by atoms with Gasteiger partial charge in [0.25, 0.3) is 0 Å². The van der Waals surface area contributed by atoms with Crippen molar-refractivity contribution in [3.05, 3.63) is 29.3 Å². The molecule has 20 heavy (non-hydrogen) atoms. The smallest absolute Gasteiger partial charge is 0.387 e. The normalized spacial score (nSPS) is 10.6. The van der Waals surface area contributed by atoms with Crippen molar-refractivity contribution in [3.8, 4) is 22.1 Å². The highest BCUT2D eigenvalue weighted by Crippen LogP contribution is 2.34. The molecule has 0 fully saturated rings. The SMILES string of the molecule is CCOc1cc(-c2ncc(C=O)s2)ccc1OC(F)F. The number of aldehydes is 1. The fourth-order valence-corrected chi connectivity index (χ4v) is 2.30. The van der Waals surface area contributed by atoms with Gasteiger partial charge in [-0.15, -0.1) is 11.3 Å². The number of carbonyl (C=O) groups excluding carboxylic acids is 1. The van der Waals surface area contributed by atoms with Crippen LogP contribution in [0.25, 0.3) is 10.6 Å². The topological polar surface area (TPSA) is 48.4 Å². The van der Waals surface area contributed by atoms with E-state index >= 15 is 0 Å². The molecule has 2 rings (SSSR count). The van der Waals surface area contributed by atoms with Gasteiger partial charge in [0.2, 0.25) is 0 Å². The highest BCUT2D eigenvalue weighted by molar-refractivity contribution is 7.16. The van der Waals surface area contributed by atoms with Crippen molar-refractivity contribution in [1.29, 1.82) is 0 Å². The van der Waals surface area contributed by atoms with E-state index in [0.29, 0.717) is 28.3 Å². The molecule has 0 spiro atoms. The second-order valence-corrected chi connectivity index (χ2v) is 4.72. The number of halogens is 2. The number of alkyl halides is 2. The highest BCUT2D eigenvalue weighted by Gasteiger charge is 2.13. The summed E-state index contributed by atoms with van der Waals surface area (Å²) >= 11 is 1.21. The number of aromatic nitrogens is 1. The van der Waals surface area contributed by atoms with Gasteiger partial charge in [0, 0.05) is 11.8 Å². The summed E-state index contributed by atoms with van der Waals surface area (Å²) in [5.74, 6) is 0.186. The lowest BCUT2D eigenvalue weighted by molar-refractivity contribution is -0.0514. The van der Waals surface area contributed by atoms with Crippen LogP contribution in [0.4, 0.5) is 8.78 Å². The number of nitrogens with zero attached hydrogens (tertiary/aromatic N) is 1. The Hall–Kier alpha value is -2.02. The van der Waals surface area contributed by atoms with Crippen LogP contribution in [0, 0.1) is 0 Å². The van der Waals surface area contributed by atoms with E-state index in [-0.39, 0.29) is 11.5 Å². The molecule has 0 unspecified atom stereocenters. The number of rotatable bonds is 6. The minimum atomic E-state index is -2.92. The summed E-state index contributed by atoms with van der Waals surface area (Å²) < 4.78 is 34.2. The molecule has 0 saturated carbocycles. The predicted octanol–water partition coefficient (Wildman–Crippen LogP) is 3.62. The molecule has 0 atom stereocenters. The molecule has 0 amide bonds. The predicted molar refractivity (Wildman–Crippen MR) is 70.7 cm³/mol. The first kappa shape index (κ1) is 14.4. The van der Waals surface area contributed by atoms with Crippen LogP contribution in [0.5, 0.6) is 11.5 Å². The minimum absolute atomic E-state index is 0.0298. The third-order valence-electron chi connectivity index (χ3n) is 2.35. The van der Waals surface area contributed by atoms with Gasteiger partial charge >= 0.3 is 6.61 Å². The second-order valence-electron chi connectivity index (χ2n) is 3.66. The van der Waals surface area contributed by atoms with Crippen LogP contribution in [0.15, 0.2) is 24.4 Å². The fraction of sp³-hybridized carbons (Fsp3) is 0.231. The molecule has 0 aliphatic heterocycles. The van der Waals surface area contributed by atoms with Crippen LogP contribution < -0.4 is 9.47 Å². The summed E-state index contributed by atoms with van der Waals surface area (Å²) in [7, 11) is 0. The molecule has 1 aromatic heterocycles. The average molecular weight is 299 g/mol. The van der Waals surface area contributed by atoms with E-state index in [1.807, 2.05) is 0 Å². The molecular formula is C13H11F2NO3S.